The van der Waals surface area contributed by atoms with Crippen molar-refractivity contribution in [3.63, 3.8) is 0 Å². The van der Waals surface area contributed by atoms with Gasteiger partial charge in [0.2, 0.25) is 5.91 Å². The fourth-order valence-corrected chi connectivity index (χ4v) is 5.69. The van der Waals surface area contributed by atoms with E-state index in [1.165, 1.54) is 0 Å². The molecule has 1 aromatic carbocycles. The van der Waals surface area contributed by atoms with Crippen LogP contribution in [0.2, 0.25) is 0 Å². The lowest BCUT2D eigenvalue weighted by Crippen LogP contribution is -2.25. The zero-order valence-electron chi connectivity index (χ0n) is 30.4. The number of aromatic nitrogens is 3. The number of unbranched alkanes of at least 4 members (excludes halogenated alkanes) is 1. The van der Waals surface area contributed by atoms with E-state index in [1.807, 2.05) is 61.1 Å². The van der Waals surface area contributed by atoms with Gasteiger partial charge in [0.05, 0.1) is 36.7 Å². The van der Waals surface area contributed by atoms with Crippen LogP contribution in [0.5, 0.6) is 5.75 Å². The van der Waals surface area contributed by atoms with Gasteiger partial charge in [-0.2, -0.15) is 0 Å². The molecule has 0 aliphatic carbocycles. The Balaban J connectivity index is 1.48. The molecule has 0 radical (unpaired) electrons. The Morgan fingerprint density at radius 2 is 1.37 bits per heavy atom. The molecule has 1 N–H and O–H groups in total. The van der Waals surface area contributed by atoms with E-state index in [2.05, 4.69) is 79.1 Å². The number of hydrogen-bond donors (Lipinski definition) is 1. The maximum Gasteiger partial charge on any atom is 0.306 e. The van der Waals surface area contributed by atoms with Gasteiger partial charge in [0.25, 0.3) is 0 Å². The number of allylic oxidation sites excluding steroid dienone is 2. The van der Waals surface area contributed by atoms with Crippen LogP contribution in [0.3, 0.4) is 0 Å². The summed E-state index contributed by atoms with van der Waals surface area (Å²) in [5, 5.41) is 2.89. The van der Waals surface area contributed by atoms with Gasteiger partial charge in [-0.25, -0.2) is 0 Å². The van der Waals surface area contributed by atoms with E-state index >= 15 is 0 Å². The van der Waals surface area contributed by atoms with Crippen molar-refractivity contribution < 1.29 is 19.1 Å². The number of carbonyl (C=O) groups excluding carboxylic acids is 2. The molecule has 3 aromatic heterocycles. The first-order chi connectivity index (χ1) is 25.5. The maximum absolute atomic E-state index is 12.1. The highest BCUT2D eigenvalue weighted by molar-refractivity contribution is 5.81. The highest BCUT2D eigenvalue weighted by Gasteiger charge is 2.14. The van der Waals surface area contributed by atoms with Crippen molar-refractivity contribution in [1.29, 1.82) is 0 Å². The van der Waals surface area contributed by atoms with E-state index in [1.54, 1.807) is 13.0 Å². The van der Waals surface area contributed by atoms with Crippen LogP contribution in [-0.2, 0) is 47.0 Å². The number of nitrogens with one attached hydrogen (secondary N) is 1. The third-order valence-electron chi connectivity index (χ3n) is 8.08. The minimum atomic E-state index is -0.353. The van der Waals surface area contributed by atoms with Gasteiger partial charge in [0.1, 0.15) is 5.75 Å². The van der Waals surface area contributed by atoms with Crippen molar-refractivity contribution >= 4 is 11.9 Å². The van der Waals surface area contributed by atoms with Crippen molar-refractivity contribution in [1.82, 2.24) is 30.1 Å². The first-order valence-corrected chi connectivity index (χ1v) is 18.1. The summed E-state index contributed by atoms with van der Waals surface area (Å²) in [5.74, 6) is 0.307. The normalized spacial score (nSPS) is 11.2. The van der Waals surface area contributed by atoms with Gasteiger partial charge in [-0.15, -0.1) is 0 Å². The molecule has 0 atom stereocenters. The Labute approximate surface area is 308 Å². The zero-order valence-corrected chi connectivity index (χ0v) is 30.4. The molecule has 3 heterocycles. The lowest BCUT2D eigenvalue weighted by Gasteiger charge is -2.24. The van der Waals surface area contributed by atoms with Crippen LogP contribution < -0.4 is 10.1 Å². The Kier molecular flexibility index (Phi) is 17.8. The number of rotatable bonds is 24. The van der Waals surface area contributed by atoms with Gasteiger partial charge in [-0.1, -0.05) is 49.1 Å². The quantitative estimate of drug-likeness (QED) is 0.0477. The molecule has 0 unspecified atom stereocenters. The first-order valence-electron chi connectivity index (χ1n) is 18.1. The first kappa shape index (κ1) is 39.6. The predicted octanol–water partition coefficient (Wildman–Crippen LogP) is 6.83. The third-order valence-corrected chi connectivity index (χ3v) is 8.08. The van der Waals surface area contributed by atoms with Crippen LogP contribution in [-0.4, -0.2) is 62.9 Å². The molecule has 0 saturated heterocycles. The summed E-state index contributed by atoms with van der Waals surface area (Å²) in [5.41, 5.74) is 5.30. The van der Waals surface area contributed by atoms with Crippen molar-refractivity contribution in [3.05, 3.63) is 144 Å². The summed E-state index contributed by atoms with van der Waals surface area (Å²) < 4.78 is 11.3. The lowest BCUT2D eigenvalue weighted by molar-refractivity contribution is -0.144. The van der Waals surface area contributed by atoms with Crippen LogP contribution in [0.1, 0.15) is 67.2 Å². The fraction of sp³-hybridized carbons (Fsp3) is 0.357. The van der Waals surface area contributed by atoms with Gasteiger partial charge >= 0.3 is 5.97 Å². The molecule has 4 rings (SSSR count). The number of carbonyl (C=O) groups is 2. The minimum Gasteiger partial charge on any atom is -0.494 e. The number of pyridine rings is 3. The van der Waals surface area contributed by atoms with Crippen molar-refractivity contribution in [2.75, 3.05) is 26.3 Å². The zero-order chi connectivity index (χ0) is 36.6. The lowest BCUT2D eigenvalue weighted by atomic mass is 10.1. The molecular formula is C42H52N6O4. The summed E-state index contributed by atoms with van der Waals surface area (Å²) in [4.78, 5) is 42.2. The van der Waals surface area contributed by atoms with Crippen LogP contribution in [0, 0.1) is 0 Å². The molecule has 0 aliphatic heterocycles. The molecule has 10 heteroatoms. The smallest absolute Gasteiger partial charge is 0.306 e. The molecular weight excluding hydrogens is 653 g/mol. The highest BCUT2D eigenvalue weighted by Crippen LogP contribution is 2.23. The molecule has 52 heavy (non-hydrogen) atoms. The Bertz CT molecular complexity index is 1610. The van der Waals surface area contributed by atoms with Gasteiger partial charge in [0.15, 0.2) is 0 Å². The molecule has 0 bridgehead atoms. The van der Waals surface area contributed by atoms with Gasteiger partial charge in [0, 0.05) is 70.8 Å². The third kappa shape index (κ3) is 15.8. The Morgan fingerprint density at radius 3 is 1.92 bits per heavy atom. The Morgan fingerprint density at radius 1 is 0.769 bits per heavy atom. The van der Waals surface area contributed by atoms with E-state index < -0.39 is 0 Å². The van der Waals surface area contributed by atoms with E-state index in [4.69, 9.17) is 9.47 Å². The van der Waals surface area contributed by atoms with E-state index in [9.17, 15) is 9.59 Å². The number of amides is 1. The maximum atomic E-state index is 12.1. The van der Waals surface area contributed by atoms with Crippen molar-refractivity contribution in [3.8, 4) is 5.75 Å². The number of hydrogen-bond acceptors (Lipinski definition) is 9. The molecule has 1 amide bonds. The van der Waals surface area contributed by atoms with Crippen LogP contribution in [0.15, 0.2) is 116 Å². The van der Waals surface area contributed by atoms with E-state index in [0.29, 0.717) is 39.4 Å². The Hall–Kier alpha value is -5.19. The average molecular weight is 705 g/mol. The summed E-state index contributed by atoms with van der Waals surface area (Å²) >= 11 is 0. The van der Waals surface area contributed by atoms with E-state index in [-0.39, 0.29) is 24.7 Å². The van der Waals surface area contributed by atoms with Crippen LogP contribution in [0.4, 0.5) is 0 Å². The molecule has 0 aliphatic rings. The predicted molar refractivity (Wildman–Crippen MR) is 204 cm³/mol. The molecule has 274 valence electrons. The molecule has 0 spiro atoms. The molecule has 10 nitrogen and oxygen atoms in total. The van der Waals surface area contributed by atoms with Crippen LogP contribution >= 0.6 is 0 Å². The SMILES string of the molecule is C=C/C=C\CCN(Cc1cc(CN(Cc2ccccn2)Cc2ccccn2)cc(OCCCCNC(=O)CCC(=O)OCC)c1)Cc1ccccn1. The standard InChI is InChI=1S/C42H52N6O4/c1-3-5-6-14-25-47(32-37-16-7-10-21-43-37)30-35-27-36(31-48(33-38-17-8-11-22-44-38)34-39-18-9-12-23-45-39)29-40(28-35)52-26-15-13-24-46-41(49)19-20-42(50)51-4-2/h3,5-12,16-18,21-23,27-29H,1,4,13-15,19-20,24-26,30-34H2,2H3,(H,46,49)/b6-5-. The largest absolute Gasteiger partial charge is 0.494 e. The van der Waals surface area contributed by atoms with Gasteiger partial charge in [-0.3, -0.25) is 34.3 Å². The summed E-state index contributed by atoms with van der Waals surface area (Å²) in [6, 6.07) is 24.6. The molecule has 0 fully saturated rings. The number of nitrogens with zero attached hydrogens (tertiary/aromatic N) is 5. The fourth-order valence-electron chi connectivity index (χ4n) is 5.69. The second-order valence-electron chi connectivity index (χ2n) is 12.5. The summed E-state index contributed by atoms with van der Waals surface area (Å²) in [6.07, 6.45) is 14.1. The average Bonchev–Trinajstić information content (AvgIpc) is 3.15. The second-order valence-corrected chi connectivity index (χ2v) is 12.5. The number of benzene rings is 1. The monoisotopic (exact) mass is 704 g/mol. The molecule has 4 aromatic rings. The summed E-state index contributed by atoms with van der Waals surface area (Å²) in [6.45, 7) is 11.2. The van der Waals surface area contributed by atoms with Crippen molar-refractivity contribution in [2.24, 2.45) is 0 Å². The van der Waals surface area contributed by atoms with Crippen LogP contribution in [0.25, 0.3) is 0 Å². The summed E-state index contributed by atoms with van der Waals surface area (Å²) in [7, 11) is 0. The van der Waals surface area contributed by atoms with Crippen molar-refractivity contribution in [2.45, 2.75) is 71.8 Å². The van der Waals surface area contributed by atoms with E-state index in [0.717, 1.165) is 72.9 Å². The number of esters is 1. The second kappa shape index (κ2) is 23.3. The minimum absolute atomic E-state index is 0.0907. The van der Waals surface area contributed by atoms with Gasteiger partial charge in [-0.05, 0) is 85.8 Å². The highest BCUT2D eigenvalue weighted by atomic mass is 16.5. The topological polar surface area (TPSA) is 110 Å². The molecule has 0 saturated carbocycles. The number of ether oxygens (including phenoxy) is 2. The van der Waals surface area contributed by atoms with Gasteiger partial charge < -0.3 is 14.8 Å².